The van der Waals surface area contributed by atoms with Crippen LogP contribution in [0.15, 0.2) is 5.16 Å². The van der Waals surface area contributed by atoms with Crippen LogP contribution in [0.2, 0.25) is 0 Å². The zero-order valence-corrected chi connectivity index (χ0v) is 11.8. The lowest BCUT2D eigenvalue weighted by Gasteiger charge is -2.15. The van der Waals surface area contributed by atoms with Gasteiger partial charge in [-0.05, 0) is 32.3 Å². The van der Waals surface area contributed by atoms with E-state index in [0.29, 0.717) is 11.2 Å². The highest BCUT2D eigenvalue weighted by atomic mass is 32.2. The Morgan fingerprint density at radius 3 is 2.82 bits per heavy atom. The van der Waals surface area contributed by atoms with Gasteiger partial charge in [-0.15, -0.1) is 10.2 Å². The molecule has 1 rings (SSSR count). The molecular formula is C10H17N3O2S2. The fourth-order valence-corrected chi connectivity index (χ4v) is 2.88. The lowest BCUT2D eigenvalue weighted by atomic mass is 10.2. The Bertz CT molecular complexity index is 382. The molecule has 96 valence electrons. The number of thioether (sulfide) groups is 2. The summed E-state index contributed by atoms with van der Waals surface area (Å²) in [7, 11) is 0. The number of hydrogen-bond donors (Lipinski definition) is 1. The van der Waals surface area contributed by atoms with Crippen LogP contribution in [0.3, 0.4) is 0 Å². The highest BCUT2D eigenvalue weighted by molar-refractivity contribution is 7.99. The Morgan fingerprint density at radius 2 is 2.24 bits per heavy atom. The van der Waals surface area contributed by atoms with E-state index in [4.69, 9.17) is 5.11 Å². The fourth-order valence-electron chi connectivity index (χ4n) is 1.50. The average Bonchev–Trinajstić information content (AvgIpc) is 2.64. The van der Waals surface area contributed by atoms with Crippen LogP contribution in [0.4, 0.5) is 0 Å². The van der Waals surface area contributed by atoms with Crippen LogP contribution < -0.4 is 0 Å². The van der Waals surface area contributed by atoms with Crippen molar-refractivity contribution < 1.29 is 9.90 Å². The lowest BCUT2D eigenvalue weighted by Crippen LogP contribution is -2.10. The summed E-state index contributed by atoms with van der Waals surface area (Å²) < 4.78 is 2.02. The first-order valence-corrected chi connectivity index (χ1v) is 7.69. The molecule has 0 aliphatic heterocycles. The minimum Gasteiger partial charge on any atom is -0.481 e. The summed E-state index contributed by atoms with van der Waals surface area (Å²) in [5, 5.41) is 17.4. The van der Waals surface area contributed by atoms with E-state index < -0.39 is 5.97 Å². The van der Waals surface area contributed by atoms with Gasteiger partial charge in [0.2, 0.25) is 0 Å². The number of nitrogens with zero attached hydrogens (tertiary/aromatic N) is 3. The molecule has 0 saturated heterocycles. The monoisotopic (exact) mass is 275 g/mol. The Kier molecular flexibility index (Phi) is 5.84. The molecule has 1 unspecified atom stereocenters. The second-order valence-electron chi connectivity index (χ2n) is 3.71. The van der Waals surface area contributed by atoms with Crippen LogP contribution in [0.25, 0.3) is 0 Å². The maximum absolute atomic E-state index is 10.6. The Balaban J connectivity index is 2.74. The Morgan fingerprint density at radius 1 is 1.53 bits per heavy atom. The number of hydrogen-bond acceptors (Lipinski definition) is 5. The molecule has 0 saturated carbocycles. The number of aliphatic carboxylic acids is 1. The summed E-state index contributed by atoms with van der Waals surface area (Å²) in [6.45, 7) is 4.00. The van der Waals surface area contributed by atoms with Gasteiger partial charge >= 0.3 is 5.97 Å². The highest BCUT2D eigenvalue weighted by Gasteiger charge is 2.15. The maximum Gasteiger partial charge on any atom is 0.313 e. The van der Waals surface area contributed by atoms with Crippen molar-refractivity contribution >= 4 is 29.5 Å². The molecule has 1 heterocycles. The molecule has 0 spiro atoms. The third kappa shape index (κ3) is 4.23. The standard InChI is InChI=1S/C10H17N3O2S2/c1-7(4-5-16-3)13-8(2)11-12-10(13)17-6-9(14)15/h7H,4-6H2,1-3H3,(H,14,15). The predicted octanol–water partition coefficient (Wildman–Crippen LogP) is 2.08. The quantitative estimate of drug-likeness (QED) is 0.768. The number of carbonyl (C=O) groups is 1. The molecule has 0 bridgehead atoms. The molecule has 0 amide bonds. The number of aryl methyl sites for hydroxylation is 1. The maximum atomic E-state index is 10.6. The van der Waals surface area contributed by atoms with Gasteiger partial charge in [-0.1, -0.05) is 11.8 Å². The van der Waals surface area contributed by atoms with Crippen LogP contribution in [0.5, 0.6) is 0 Å². The first kappa shape index (κ1) is 14.4. The van der Waals surface area contributed by atoms with E-state index in [1.165, 1.54) is 11.8 Å². The number of carboxylic acid groups (broad SMARTS) is 1. The molecule has 1 aromatic heterocycles. The molecule has 0 radical (unpaired) electrons. The van der Waals surface area contributed by atoms with E-state index in [-0.39, 0.29) is 5.75 Å². The van der Waals surface area contributed by atoms with Gasteiger partial charge < -0.3 is 9.67 Å². The normalized spacial score (nSPS) is 12.6. The van der Waals surface area contributed by atoms with Gasteiger partial charge in [0.25, 0.3) is 0 Å². The predicted molar refractivity (Wildman–Crippen MR) is 70.8 cm³/mol. The van der Waals surface area contributed by atoms with E-state index in [9.17, 15) is 4.79 Å². The molecule has 0 aliphatic rings. The molecule has 0 aliphatic carbocycles. The number of carboxylic acids is 1. The zero-order valence-electron chi connectivity index (χ0n) is 10.2. The van der Waals surface area contributed by atoms with E-state index in [2.05, 4.69) is 23.4 Å². The van der Waals surface area contributed by atoms with E-state index in [1.54, 1.807) is 11.8 Å². The highest BCUT2D eigenvalue weighted by Crippen LogP contribution is 2.23. The molecule has 1 N–H and O–H groups in total. The first-order valence-electron chi connectivity index (χ1n) is 5.31. The van der Waals surface area contributed by atoms with E-state index >= 15 is 0 Å². The van der Waals surface area contributed by atoms with Crippen molar-refractivity contribution in [1.82, 2.24) is 14.8 Å². The fraction of sp³-hybridized carbons (Fsp3) is 0.700. The molecule has 0 aromatic carbocycles. The van der Waals surface area contributed by atoms with Gasteiger partial charge in [0, 0.05) is 6.04 Å². The SMILES string of the molecule is CSCCC(C)n1c(C)nnc1SCC(=O)O. The molecule has 5 nitrogen and oxygen atoms in total. The summed E-state index contributed by atoms with van der Waals surface area (Å²) in [4.78, 5) is 10.6. The van der Waals surface area contributed by atoms with Gasteiger partial charge in [0.05, 0.1) is 5.75 Å². The largest absolute Gasteiger partial charge is 0.481 e. The van der Waals surface area contributed by atoms with Crippen LogP contribution in [-0.2, 0) is 4.79 Å². The third-order valence-corrected chi connectivity index (χ3v) is 3.91. The topological polar surface area (TPSA) is 68.0 Å². The molecule has 17 heavy (non-hydrogen) atoms. The smallest absolute Gasteiger partial charge is 0.313 e. The van der Waals surface area contributed by atoms with E-state index in [1.807, 2.05) is 11.5 Å². The summed E-state index contributed by atoms with van der Waals surface area (Å²) in [6, 6.07) is 0.300. The van der Waals surface area contributed by atoms with Gasteiger partial charge in [0.15, 0.2) is 5.16 Å². The second-order valence-corrected chi connectivity index (χ2v) is 5.64. The van der Waals surface area contributed by atoms with Crippen molar-refractivity contribution in [2.45, 2.75) is 31.5 Å². The number of aromatic nitrogens is 3. The van der Waals surface area contributed by atoms with Gasteiger partial charge in [-0.2, -0.15) is 11.8 Å². The summed E-state index contributed by atoms with van der Waals surface area (Å²) in [5.41, 5.74) is 0. The molecule has 7 heteroatoms. The summed E-state index contributed by atoms with van der Waals surface area (Å²) in [6.07, 6.45) is 3.10. The van der Waals surface area contributed by atoms with Crippen LogP contribution >= 0.6 is 23.5 Å². The average molecular weight is 275 g/mol. The first-order chi connectivity index (χ1) is 8.06. The van der Waals surface area contributed by atoms with Crippen LogP contribution in [0.1, 0.15) is 25.2 Å². The van der Waals surface area contributed by atoms with E-state index in [0.717, 1.165) is 18.0 Å². The minimum absolute atomic E-state index is 0.0212. The van der Waals surface area contributed by atoms with Crippen molar-refractivity contribution in [3.8, 4) is 0 Å². The Hall–Kier alpha value is -0.690. The van der Waals surface area contributed by atoms with Crippen molar-refractivity contribution in [2.24, 2.45) is 0 Å². The summed E-state index contributed by atoms with van der Waals surface area (Å²) in [5.74, 6) is 1.10. The van der Waals surface area contributed by atoms with Crippen molar-refractivity contribution in [1.29, 1.82) is 0 Å². The Labute approximate surface area is 109 Å². The lowest BCUT2D eigenvalue weighted by molar-refractivity contribution is -0.133. The van der Waals surface area contributed by atoms with Crippen molar-refractivity contribution in [2.75, 3.05) is 17.8 Å². The van der Waals surface area contributed by atoms with Crippen molar-refractivity contribution in [3.63, 3.8) is 0 Å². The third-order valence-electron chi connectivity index (χ3n) is 2.34. The van der Waals surface area contributed by atoms with Crippen LogP contribution in [-0.4, -0.2) is 43.6 Å². The van der Waals surface area contributed by atoms with Gasteiger partial charge in [0.1, 0.15) is 5.82 Å². The minimum atomic E-state index is -0.834. The van der Waals surface area contributed by atoms with Gasteiger partial charge in [-0.3, -0.25) is 4.79 Å². The molecule has 1 aromatic rings. The molecule has 1 atom stereocenters. The second kappa shape index (κ2) is 6.90. The molecule has 0 fully saturated rings. The summed E-state index contributed by atoms with van der Waals surface area (Å²) >= 11 is 3.02. The zero-order chi connectivity index (χ0) is 12.8. The van der Waals surface area contributed by atoms with Gasteiger partial charge in [-0.25, -0.2) is 0 Å². The molecular weight excluding hydrogens is 258 g/mol. The van der Waals surface area contributed by atoms with Crippen LogP contribution in [0, 0.1) is 6.92 Å². The number of rotatable bonds is 7. The van der Waals surface area contributed by atoms with Crippen molar-refractivity contribution in [3.05, 3.63) is 5.82 Å².